The maximum Gasteiger partial charge on any atom is 0.306 e. The Morgan fingerprint density at radius 1 is 1.48 bits per heavy atom. The molecule has 4 heteroatoms. The Morgan fingerprint density at radius 3 is 3.10 bits per heavy atom. The number of likely N-dealkylation sites (tertiary alicyclic amines) is 1. The topological polar surface area (TPSA) is 49.8 Å². The summed E-state index contributed by atoms with van der Waals surface area (Å²) in [7, 11) is 0. The smallest absolute Gasteiger partial charge is 0.306 e. The molecule has 114 valence electrons. The second-order valence-corrected chi connectivity index (χ2v) is 6.30. The van der Waals surface area contributed by atoms with Gasteiger partial charge in [-0.05, 0) is 42.0 Å². The van der Waals surface area contributed by atoms with E-state index in [1.54, 1.807) is 0 Å². The molecular formula is C17H23NO3. The number of carboxylic acid groups (broad SMARTS) is 1. The summed E-state index contributed by atoms with van der Waals surface area (Å²) in [6.07, 6.45) is 1.75. The summed E-state index contributed by atoms with van der Waals surface area (Å²) in [6.45, 7) is 6.26. The highest BCUT2D eigenvalue weighted by molar-refractivity contribution is 5.70. The van der Waals surface area contributed by atoms with E-state index in [1.807, 2.05) is 0 Å². The van der Waals surface area contributed by atoms with Gasteiger partial charge >= 0.3 is 5.97 Å². The Morgan fingerprint density at radius 2 is 2.33 bits per heavy atom. The lowest BCUT2D eigenvalue weighted by molar-refractivity contribution is -0.145. The van der Waals surface area contributed by atoms with Gasteiger partial charge in [-0.2, -0.15) is 0 Å². The Bertz CT molecular complexity index is 529. The van der Waals surface area contributed by atoms with E-state index in [1.165, 1.54) is 16.7 Å². The first-order chi connectivity index (χ1) is 10.1. The molecule has 0 aromatic heterocycles. The average Bonchev–Trinajstić information content (AvgIpc) is 2.47. The van der Waals surface area contributed by atoms with Crippen LogP contribution in [0.4, 0.5) is 0 Å². The van der Waals surface area contributed by atoms with Crippen LogP contribution in [-0.4, -0.2) is 35.7 Å². The van der Waals surface area contributed by atoms with Crippen LogP contribution >= 0.6 is 0 Å². The maximum atomic E-state index is 11.2. The monoisotopic (exact) mass is 289 g/mol. The molecule has 2 aliphatic heterocycles. The molecule has 1 aromatic rings. The summed E-state index contributed by atoms with van der Waals surface area (Å²) in [5.74, 6) is -0.602. The van der Waals surface area contributed by atoms with E-state index in [9.17, 15) is 9.90 Å². The predicted octanol–water partition coefficient (Wildman–Crippen LogP) is 2.30. The summed E-state index contributed by atoms with van der Waals surface area (Å²) in [6, 6.07) is 6.46. The van der Waals surface area contributed by atoms with Gasteiger partial charge in [-0.3, -0.25) is 9.69 Å². The van der Waals surface area contributed by atoms with Gasteiger partial charge in [0.15, 0.2) is 0 Å². The van der Waals surface area contributed by atoms with E-state index in [0.717, 1.165) is 45.7 Å². The number of nitrogens with zero attached hydrogens (tertiary/aromatic N) is 1. The van der Waals surface area contributed by atoms with Crippen LogP contribution in [0.25, 0.3) is 0 Å². The van der Waals surface area contributed by atoms with Crippen LogP contribution < -0.4 is 0 Å². The van der Waals surface area contributed by atoms with Crippen LogP contribution in [-0.2, 0) is 29.1 Å². The Labute approximate surface area is 125 Å². The van der Waals surface area contributed by atoms with Gasteiger partial charge in [0, 0.05) is 13.1 Å². The molecular weight excluding hydrogens is 266 g/mol. The minimum Gasteiger partial charge on any atom is -0.481 e. The Balaban J connectivity index is 1.69. The minimum absolute atomic E-state index is 0.181. The molecule has 0 saturated carbocycles. The van der Waals surface area contributed by atoms with Crippen molar-refractivity contribution in [2.24, 2.45) is 11.8 Å². The lowest BCUT2D eigenvalue weighted by Crippen LogP contribution is -2.41. The summed E-state index contributed by atoms with van der Waals surface area (Å²) in [5.41, 5.74) is 4.14. The van der Waals surface area contributed by atoms with E-state index in [4.69, 9.17) is 4.74 Å². The van der Waals surface area contributed by atoms with E-state index in [2.05, 4.69) is 30.0 Å². The first kappa shape index (κ1) is 14.5. The Hall–Kier alpha value is -1.39. The van der Waals surface area contributed by atoms with E-state index in [0.29, 0.717) is 0 Å². The van der Waals surface area contributed by atoms with Crippen LogP contribution in [0.1, 0.15) is 30.0 Å². The summed E-state index contributed by atoms with van der Waals surface area (Å²) in [4.78, 5) is 13.6. The third-order valence-electron chi connectivity index (χ3n) is 4.82. The number of hydrogen-bond donors (Lipinski definition) is 1. The number of benzene rings is 1. The molecule has 0 amide bonds. The molecule has 2 atom stereocenters. The van der Waals surface area contributed by atoms with Gasteiger partial charge in [0.1, 0.15) is 0 Å². The molecule has 1 aromatic carbocycles. The van der Waals surface area contributed by atoms with Crippen LogP contribution in [0.2, 0.25) is 0 Å². The molecule has 0 radical (unpaired) electrons. The molecule has 3 rings (SSSR count). The number of aliphatic carboxylic acids is 1. The van der Waals surface area contributed by atoms with Gasteiger partial charge in [-0.1, -0.05) is 25.1 Å². The average molecular weight is 289 g/mol. The highest BCUT2D eigenvalue weighted by atomic mass is 16.5. The van der Waals surface area contributed by atoms with Crippen molar-refractivity contribution in [1.29, 1.82) is 0 Å². The highest BCUT2D eigenvalue weighted by Gasteiger charge is 2.31. The second kappa shape index (κ2) is 6.16. The van der Waals surface area contributed by atoms with Crippen molar-refractivity contribution in [2.45, 2.75) is 32.9 Å². The van der Waals surface area contributed by atoms with Crippen LogP contribution in [0.3, 0.4) is 0 Å². The number of piperidine rings is 1. The van der Waals surface area contributed by atoms with E-state index < -0.39 is 5.97 Å². The first-order valence-corrected chi connectivity index (χ1v) is 7.77. The normalized spacial score (nSPS) is 26.3. The maximum absolute atomic E-state index is 11.2. The Kier molecular flexibility index (Phi) is 4.27. The number of rotatable bonds is 3. The van der Waals surface area contributed by atoms with Crippen molar-refractivity contribution in [1.82, 2.24) is 4.90 Å². The van der Waals surface area contributed by atoms with Crippen molar-refractivity contribution < 1.29 is 14.6 Å². The summed E-state index contributed by atoms with van der Waals surface area (Å²) in [5, 5.41) is 9.21. The minimum atomic E-state index is -0.642. The molecule has 2 heterocycles. The lowest BCUT2D eigenvalue weighted by Gasteiger charge is -2.35. The largest absolute Gasteiger partial charge is 0.481 e. The summed E-state index contributed by atoms with van der Waals surface area (Å²) < 4.78 is 5.52. The van der Waals surface area contributed by atoms with E-state index >= 15 is 0 Å². The molecule has 1 N–H and O–H groups in total. The molecule has 4 nitrogen and oxygen atoms in total. The predicted molar refractivity (Wildman–Crippen MR) is 80.0 cm³/mol. The van der Waals surface area contributed by atoms with Crippen LogP contribution in [0.15, 0.2) is 18.2 Å². The lowest BCUT2D eigenvalue weighted by atomic mass is 9.86. The quantitative estimate of drug-likeness (QED) is 0.927. The van der Waals surface area contributed by atoms with Crippen molar-refractivity contribution in [3.8, 4) is 0 Å². The fraction of sp³-hybridized carbons (Fsp3) is 0.588. The van der Waals surface area contributed by atoms with Crippen molar-refractivity contribution in [2.75, 3.05) is 19.7 Å². The van der Waals surface area contributed by atoms with Gasteiger partial charge in [0.05, 0.1) is 19.1 Å². The molecule has 2 aliphatic rings. The van der Waals surface area contributed by atoms with E-state index in [-0.39, 0.29) is 11.8 Å². The molecule has 1 saturated heterocycles. The molecule has 21 heavy (non-hydrogen) atoms. The van der Waals surface area contributed by atoms with Crippen molar-refractivity contribution in [3.63, 3.8) is 0 Å². The molecule has 0 bridgehead atoms. The number of fused-ring (bicyclic) bond motifs is 1. The number of ether oxygens (including phenoxy) is 1. The first-order valence-electron chi connectivity index (χ1n) is 7.77. The standard InChI is InChI=1S/C17H23NO3/c1-12-9-18(7-5-15(12)17(19)20)10-13-3-2-4-14-11-21-8-6-16(13)14/h2-4,12,15H,5-11H2,1H3,(H,19,20). The highest BCUT2D eigenvalue weighted by Crippen LogP contribution is 2.27. The zero-order valence-corrected chi connectivity index (χ0v) is 12.5. The third kappa shape index (κ3) is 3.11. The van der Waals surface area contributed by atoms with Gasteiger partial charge in [0.2, 0.25) is 0 Å². The fourth-order valence-corrected chi connectivity index (χ4v) is 3.63. The fourth-order valence-electron chi connectivity index (χ4n) is 3.63. The van der Waals surface area contributed by atoms with Crippen molar-refractivity contribution in [3.05, 3.63) is 34.9 Å². The zero-order chi connectivity index (χ0) is 14.8. The number of hydrogen-bond acceptors (Lipinski definition) is 3. The zero-order valence-electron chi connectivity index (χ0n) is 12.5. The summed E-state index contributed by atoms with van der Waals surface area (Å²) >= 11 is 0. The molecule has 0 spiro atoms. The molecule has 1 fully saturated rings. The number of carboxylic acids is 1. The van der Waals surface area contributed by atoms with Gasteiger partial charge in [0.25, 0.3) is 0 Å². The van der Waals surface area contributed by atoms with Gasteiger partial charge < -0.3 is 9.84 Å². The van der Waals surface area contributed by atoms with Crippen molar-refractivity contribution >= 4 is 5.97 Å². The third-order valence-corrected chi connectivity index (χ3v) is 4.82. The SMILES string of the molecule is CC1CN(Cc2cccc3c2CCOC3)CCC1C(=O)O. The van der Waals surface area contributed by atoms with Crippen LogP contribution in [0.5, 0.6) is 0 Å². The van der Waals surface area contributed by atoms with Gasteiger partial charge in [-0.15, -0.1) is 0 Å². The second-order valence-electron chi connectivity index (χ2n) is 6.30. The molecule has 2 unspecified atom stereocenters. The number of carbonyl (C=O) groups is 1. The molecule has 0 aliphatic carbocycles. The van der Waals surface area contributed by atoms with Gasteiger partial charge in [-0.25, -0.2) is 0 Å². The van der Waals surface area contributed by atoms with Crippen LogP contribution in [0, 0.1) is 11.8 Å².